The van der Waals surface area contributed by atoms with Crippen molar-refractivity contribution in [3.63, 3.8) is 0 Å². The number of anilines is 1. The molecule has 2 aromatic rings. The van der Waals surface area contributed by atoms with Crippen molar-refractivity contribution in [3.8, 4) is 0 Å². The first-order chi connectivity index (χ1) is 22.9. The number of carbonyl (C=O) groups is 3. The molecule has 0 radical (unpaired) electrons. The molecular weight excluding hydrogens is 681 g/mol. The number of halogens is 2. The predicted octanol–water partition coefficient (Wildman–Crippen LogP) is 8.22. The zero-order valence-electron chi connectivity index (χ0n) is 28.0. The van der Waals surface area contributed by atoms with Gasteiger partial charge in [0.05, 0.1) is 34.2 Å². The van der Waals surface area contributed by atoms with Crippen molar-refractivity contribution in [1.82, 2.24) is 14.7 Å². The quantitative estimate of drug-likeness (QED) is 0.0807. The van der Waals surface area contributed by atoms with Crippen LogP contribution in [-0.2, 0) is 29.1 Å². The number of amides is 3. The van der Waals surface area contributed by atoms with Gasteiger partial charge in [0.1, 0.15) is 4.90 Å². The zero-order chi connectivity index (χ0) is 35.3. The summed E-state index contributed by atoms with van der Waals surface area (Å²) < 4.78 is 38.3. The summed E-state index contributed by atoms with van der Waals surface area (Å²) in [5, 5.41) is -0.626. The molecule has 1 fully saturated rings. The minimum Gasteiger partial charge on any atom is -0.486 e. The Bertz CT molecular complexity index is 1560. The number of benzene rings is 1. The highest BCUT2D eigenvalue weighted by Gasteiger charge is 2.45. The Balaban J connectivity index is 1.55. The lowest BCUT2D eigenvalue weighted by atomic mass is 10.0. The van der Waals surface area contributed by atoms with Crippen molar-refractivity contribution in [2.24, 2.45) is 4.99 Å². The van der Waals surface area contributed by atoms with Gasteiger partial charge in [-0.3, -0.25) is 9.59 Å². The van der Waals surface area contributed by atoms with Gasteiger partial charge in [0.2, 0.25) is 12.0 Å². The van der Waals surface area contributed by atoms with Crippen LogP contribution in [0.15, 0.2) is 22.0 Å². The Morgan fingerprint density at radius 3 is 2.02 bits per heavy atom. The Morgan fingerprint density at radius 2 is 1.48 bits per heavy atom. The van der Waals surface area contributed by atoms with Crippen molar-refractivity contribution in [2.75, 3.05) is 12.0 Å². The number of hydrogen-bond donors (Lipinski definition) is 1. The second-order valence-corrected chi connectivity index (χ2v) is 14.2. The van der Waals surface area contributed by atoms with Crippen LogP contribution in [0.5, 0.6) is 0 Å². The third-order valence-corrected chi connectivity index (χ3v) is 10.1. The molecule has 264 valence electrons. The monoisotopic (exact) mass is 725 g/mol. The van der Waals surface area contributed by atoms with Crippen LogP contribution >= 0.6 is 23.2 Å². The fourth-order valence-corrected chi connectivity index (χ4v) is 7.39. The van der Waals surface area contributed by atoms with Gasteiger partial charge in [-0.05, 0) is 32.4 Å². The van der Waals surface area contributed by atoms with E-state index >= 15 is 0 Å². The molecule has 15 heteroatoms. The number of nitrogens with one attached hydrogen (secondary N) is 1. The fraction of sp³-hybridized carbons (Fsp3) is 0.576. The molecule has 1 saturated heterocycles. The minimum atomic E-state index is -4.40. The molecule has 1 N–H and O–H groups in total. The number of nitrogens with zero attached hydrogens (tertiary/aromatic N) is 4. The van der Waals surface area contributed by atoms with E-state index in [1.807, 2.05) is 4.72 Å². The maximum Gasteiger partial charge on any atom is 0.422 e. The van der Waals surface area contributed by atoms with Crippen molar-refractivity contribution in [3.05, 3.63) is 39.1 Å². The van der Waals surface area contributed by atoms with Crippen LogP contribution in [0, 0.1) is 13.8 Å². The molecule has 1 unspecified atom stereocenters. The van der Waals surface area contributed by atoms with E-state index in [2.05, 4.69) is 21.9 Å². The van der Waals surface area contributed by atoms with E-state index in [9.17, 15) is 22.8 Å². The van der Waals surface area contributed by atoms with Crippen LogP contribution in [0.2, 0.25) is 10.0 Å². The van der Waals surface area contributed by atoms with Crippen LogP contribution in [-0.4, -0.2) is 49.8 Å². The maximum absolute atomic E-state index is 13.4. The van der Waals surface area contributed by atoms with Gasteiger partial charge in [-0.15, -0.1) is 0 Å². The topological polar surface area (TPSA) is 157 Å². The first-order valence-electron chi connectivity index (χ1n) is 16.4. The smallest absolute Gasteiger partial charge is 0.422 e. The average Bonchev–Trinajstić information content (AvgIpc) is 3.31. The molecule has 12 nitrogen and oxygen atoms in total. The number of ether oxygens (including phenoxy) is 2. The SMILES string of the molecule is CCCCCCCCCCCCCCCC(=O)NS(=O)(=O)c1cc(Cl)c(N2C(=O)OC(c3c(C)nc(/N=C/OC)nc3C)C2=O)cc1Cl. The number of methoxy groups -OCH3 is 1. The number of sulfonamides is 1. The number of aromatic nitrogens is 2. The summed E-state index contributed by atoms with van der Waals surface area (Å²) in [4.78, 5) is 51.4. The number of hydrogen-bond acceptors (Lipinski definition) is 10. The van der Waals surface area contributed by atoms with Gasteiger partial charge in [0, 0.05) is 12.0 Å². The van der Waals surface area contributed by atoms with Crippen LogP contribution in [0.4, 0.5) is 16.4 Å². The molecule has 0 saturated carbocycles. The number of rotatable bonds is 20. The molecule has 2 heterocycles. The lowest BCUT2D eigenvalue weighted by Gasteiger charge is -2.16. The van der Waals surface area contributed by atoms with E-state index in [0.717, 1.165) is 44.2 Å². The van der Waals surface area contributed by atoms with E-state index < -0.39 is 38.9 Å². The van der Waals surface area contributed by atoms with Gasteiger partial charge < -0.3 is 9.47 Å². The summed E-state index contributed by atoms with van der Waals surface area (Å²) in [7, 11) is -2.98. The van der Waals surface area contributed by atoms with Crippen molar-refractivity contribution in [1.29, 1.82) is 0 Å². The summed E-state index contributed by atoms with van der Waals surface area (Å²) in [6.45, 7) is 5.44. The lowest BCUT2D eigenvalue weighted by Crippen LogP contribution is -2.32. The van der Waals surface area contributed by atoms with Crippen molar-refractivity contribution < 1.29 is 32.3 Å². The molecule has 1 aliphatic rings. The van der Waals surface area contributed by atoms with Crippen LogP contribution in [0.25, 0.3) is 0 Å². The van der Waals surface area contributed by atoms with E-state index in [-0.39, 0.29) is 33.7 Å². The van der Waals surface area contributed by atoms with E-state index in [1.165, 1.54) is 58.5 Å². The Kier molecular flexibility index (Phi) is 15.5. The van der Waals surface area contributed by atoms with Crippen molar-refractivity contribution >= 4 is 69.2 Å². The van der Waals surface area contributed by atoms with E-state index in [4.69, 9.17) is 32.7 Å². The Morgan fingerprint density at radius 1 is 0.938 bits per heavy atom. The second-order valence-electron chi connectivity index (χ2n) is 11.8. The molecule has 3 rings (SSSR count). The van der Waals surface area contributed by atoms with E-state index in [1.54, 1.807) is 13.8 Å². The minimum absolute atomic E-state index is 0.0399. The van der Waals surface area contributed by atoms with E-state index in [0.29, 0.717) is 22.7 Å². The Labute approximate surface area is 293 Å². The summed E-state index contributed by atoms with van der Waals surface area (Å²) >= 11 is 12.7. The Hall–Kier alpha value is -3.29. The number of aliphatic imine (C=N–C) groups is 1. The van der Waals surface area contributed by atoms with Crippen LogP contribution in [0.1, 0.15) is 120 Å². The number of cyclic esters (lactones) is 1. The standard InChI is InChI=1S/C33H45Cl2N5O7S/c1-5-6-7-8-9-10-11-12-13-14-15-16-17-18-28(41)39-48(44,45)27-20-24(34)26(19-25(27)35)40-31(42)30(47-33(40)43)29-22(2)37-32(36-21-46-4)38-23(29)3/h19-21,30H,5-18H2,1-4H3,(H,39,41)/b36-21+. The fourth-order valence-electron chi connectivity index (χ4n) is 5.51. The normalized spacial score (nSPS) is 15.0. The number of carbonyl (C=O) groups excluding carboxylic acids is 3. The number of unbranched alkanes of at least 4 members (excludes halogenated alkanes) is 12. The summed E-state index contributed by atoms with van der Waals surface area (Å²) in [5.41, 5.74) is 0.770. The van der Waals surface area contributed by atoms with Gasteiger partial charge in [-0.2, -0.15) is 4.99 Å². The van der Waals surface area contributed by atoms with Crippen LogP contribution in [0.3, 0.4) is 0 Å². The third-order valence-electron chi connectivity index (χ3n) is 7.98. The molecular formula is C33H45Cl2N5O7S. The highest BCUT2D eigenvalue weighted by atomic mass is 35.5. The van der Waals surface area contributed by atoms with Gasteiger partial charge in [0.15, 0.2) is 6.40 Å². The maximum atomic E-state index is 13.4. The van der Waals surface area contributed by atoms with Gasteiger partial charge in [-0.1, -0.05) is 107 Å². The van der Waals surface area contributed by atoms with Crippen molar-refractivity contribution in [2.45, 2.75) is 122 Å². The molecule has 1 aromatic carbocycles. The highest BCUT2D eigenvalue weighted by Crippen LogP contribution is 2.40. The number of imide groups is 1. The second kappa shape index (κ2) is 19.0. The third kappa shape index (κ3) is 10.9. The molecule has 3 amide bonds. The van der Waals surface area contributed by atoms with Crippen LogP contribution < -0.4 is 9.62 Å². The molecule has 0 spiro atoms. The summed E-state index contributed by atoms with van der Waals surface area (Å²) in [6, 6.07) is 2.05. The molecule has 0 bridgehead atoms. The molecule has 1 aromatic heterocycles. The molecule has 1 aliphatic heterocycles. The van der Waals surface area contributed by atoms with Gasteiger partial charge >= 0.3 is 6.09 Å². The van der Waals surface area contributed by atoms with Gasteiger partial charge in [0.25, 0.3) is 21.9 Å². The predicted molar refractivity (Wildman–Crippen MR) is 185 cm³/mol. The molecule has 0 aliphatic carbocycles. The highest BCUT2D eigenvalue weighted by molar-refractivity contribution is 7.90. The largest absolute Gasteiger partial charge is 0.486 e. The first kappa shape index (κ1) is 39.2. The average molecular weight is 727 g/mol. The summed E-state index contributed by atoms with van der Waals surface area (Å²) in [5.74, 6) is -1.38. The summed E-state index contributed by atoms with van der Waals surface area (Å²) in [6.07, 6.45) is 13.7. The molecule has 1 atom stereocenters. The first-order valence-corrected chi connectivity index (χ1v) is 18.6. The number of aryl methyl sites for hydroxylation is 2. The molecule has 48 heavy (non-hydrogen) atoms. The van der Waals surface area contributed by atoms with Gasteiger partial charge in [-0.25, -0.2) is 32.8 Å². The lowest BCUT2D eigenvalue weighted by molar-refractivity contribution is -0.122. The zero-order valence-corrected chi connectivity index (χ0v) is 30.3.